The van der Waals surface area contributed by atoms with E-state index in [1.54, 1.807) is 6.07 Å². The molecule has 1 aliphatic rings. The summed E-state index contributed by atoms with van der Waals surface area (Å²) < 4.78 is 16.6. The molecule has 2 atom stereocenters. The Morgan fingerprint density at radius 3 is 2.24 bits per heavy atom. The highest BCUT2D eigenvalue weighted by molar-refractivity contribution is 5.91. The third kappa shape index (κ3) is 4.05. The quantitative estimate of drug-likeness (QED) is 0.254. The highest BCUT2D eigenvalue weighted by Crippen LogP contribution is 2.44. The Labute approximate surface area is 187 Å². The predicted molar refractivity (Wildman–Crippen MR) is 112 cm³/mol. The molecule has 0 saturated carbocycles. The minimum absolute atomic E-state index is 0.0132. The van der Waals surface area contributed by atoms with E-state index in [1.807, 2.05) is 0 Å². The monoisotopic (exact) mass is 456 g/mol. The Hall–Kier alpha value is -4.47. The van der Waals surface area contributed by atoms with Crippen molar-refractivity contribution in [1.82, 2.24) is 0 Å². The van der Waals surface area contributed by atoms with Crippen molar-refractivity contribution < 1.29 is 49.6 Å². The van der Waals surface area contributed by atoms with Gasteiger partial charge in [-0.1, -0.05) is 6.07 Å². The molecular formula is C23H20O10. The molecule has 0 spiro atoms. The summed E-state index contributed by atoms with van der Waals surface area (Å²) in [4.78, 5) is 12.8. The number of hydrogen-bond donors (Lipinski definition) is 6. The topological polar surface area (TPSA) is 166 Å². The first-order valence-corrected chi connectivity index (χ1v) is 9.72. The molecule has 172 valence electrons. The Morgan fingerprint density at radius 1 is 0.909 bits per heavy atom. The summed E-state index contributed by atoms with van der Waals surface area (Å²) in [5.41, 5.74) is 0.465. The zero-order chi connectivity index (χ0) is 23.9. The molecule has 1 heterocycles. The third-order valence-corrected chi connectivity index (χ3v) is 5.26. The van der Waals surface area contributed by atoms with E-state index in [-0.39, 0.29) is 46.3 Å². The molecule has 0 saturated heterocycles. The Bertz CT molecular complexity index is 1210. The van der Waals surface area contributed by atoms with Crippen LogP contribution in [0.15, 0.2) is 42.5 Å². The summed E-state index contributed by atoms with van der Waals surface area (Å²) in [6, 6.07) is 8.75. The fourth-order valence-corrected chi connectivity index (χ4v) is 3.65. The number of esters is 1. The zero-order valence-electron chi connectivity index (χ0n) is 17.2. The highest BCUT2D eigenvalue weighted by atomic mass is 16.6. The minimum Gasteiger partial charge on any atom is -0.508 e. The van der Waals surface area contributed by atoms with Gasteiger partial charge in [0.1, 0.15) is 23.4 Å². The van der Waals surface area contributed by atoms with Gasteiger partial charge in [0.2, 0.25) is 0 Å². The van der Waals surface area contributed by atoms with E-state index in [2.05, 4.69) is 0 Å². The second-order valence-corrected chi connectivity index (χ2v) is 7.42. The van der Waals surface area contributed by atoms with Gasteiger partial charge in [0.05, 0.1) is 12.7 Å². The van der Waals surface area contributed by atoms with Crippen LogP contribution in [0.3, 0.4) is 0 Å². The van der Waals surface area contributed by atoms with Gasteiger partial charge >= 0.3 is 5.97 Å². The molecule has 6 N–H and O–H groups in total. The number of fused-ring (bicyclic) bond motifs is 1. The molecule has 0 aliphatic carbocycles. The summed E-state index contributed by atoms with van der Waals surface area (Å²) in [7, 11) is 1.39. The van der Waals surface area contributed by atoms with E-state index in [9.17, 15) is 35.4 Å². The van der Waals surface area contributed by atoms with Crippen LogP contribution in [0.4, 0.5) is 0 Å². The first-order chi connectivity index (χ1) is 15.7. The lowest BCUT2D eigenvalue weighted by molar-refractivity contribution is -0.0189. The minimum atomic E-state index is -1.02. The smallest absolute Gasteiger partial charge is 0.338 e. The van der Waals surface area contributed by atoms with E-state index >= 15 is 0 Å². The molecule has 10 heteroatoms. The molecule has 3 aromatic rings. The number of phenols is 6. The molecule has 2 unspecified atom stereocenters. The second-order valence-electron chi connectivity index (χ2n) is 7.42. The maximum Gasteiger partial charge on any atom is 0.338 e. The highest BCUT2D eigenvalue weighted by Gasteiger charge is 2.37. The number of carbonyl (C=O) groups excluding carboxylic acids is 1. The summed E-state index contributed by atoms with van der Waals surface area (Å²) in [6.45, 7) is 0. The van der Waals surface area contributed by atoms with Crippen LogP contribution in [0.1, 0.15) is 27.6 Å². The molecule has 1 aliphatic heterocycles. The molecule has 33 heavy (non-hydrogen) atoms. The fourth-order valence-electron chi connectivity index (χ4n) is 3.65. The van der Waals surface area contributed by atoms with Gasteiger partial charge in [-0.15, -0.1) is 0 Å². The van der Waals surface area contributed by atoms with Gasteiger partial charge in [-0.2, -0.15) is 0 Å². The number of benzene rings is 3. The fraction of sp³-hybridized carbons (Fsp3) is 0.174. The average molecular weight is 456 g/mol. The van der Waals surface area contributed by atoms with Crippen molar-refractivity contribution in [3.05, 3.63) is 59.2 Å². The number of ether oxygens (including phenoxy) is 3. The van der Waals surface area contributed by atoms with Crippen molar-refractivity contribution in [2.75, 3.05) is 7.11 Å². The van der Waals surface area contributed by atoms with Crippen molar-refractivity contribution in [3.8, 4) is 46.0 Å². The van der Waals surface area contributed by atoms with Crippen molar-refractivity contribution in [3.63, 3.8) is 0 Å². The van der Waals surface area contributed by atoms with E-state index < -0.39 is 35.4 Å². The van der Waals surface area contributed by atoms with Crippen LogP contribution in [0.2, 0.25) is 0 Å². The number of aromatic hydroxyl groups is 6. The standard InChI is InChI=1S/C23H20O10/c1-31-18-3-2-10(4-15(18)26)22-20(9-13-14(25)7-12(24)8-19(13)32-22)33-23(30)11-5-16(27)21(29)17(28)6-11/h2-8,20,22,24-29H,9H2,1H3. The van der Waals surface area contributed by atoms with Gasteiger partial charge in [-0.3, -0.25) is 0 Å². The summed E-state index contributed by atoms with van der Waals surface area (Å²) in [5, 5.41) is 59.2. The first-order valence-electron chi connectivity index (χ1n) is 9.72. The van der Waals surface area contributed by atoms with Gasteiger partial charge in [-0.25, -0.2) is 4.79 Å². The van der Waals surface area contributed by atoms with E-state index in [4.69, 9.17) is 14.2 Å². The molecule has 4 rings (SSSR count). The summed E-state index contributed by atoms with van der Waals surface area (Å²) in [6.07, 6.45) is -1.99. The lowest BCUT2D eigenvalue weighted by Gasteiger charge is -2.34. The van der Waals surface area contributed by atoms with Crippen LogP contribution >= 0.6 is 0 Å². The van der Waals surface area contributed by atoms with Crippen LogP contribution in [-0.4, -0.2) is 49.8 Å². The largest absolute Gasteiger partial charge is 0.508 e. The summed E-state index contributed by atoms with van der Waals surface area (Å²) >= 11 is 0. The van der Waals surface area contributed by atoms with E-state index in [0.717, 1.165) is 18.2 Å². The molecule has 0 fully saturated rings. The number of methoxy groups -OCH3 is 1. The molecule has 0 amide bonds. The van der Waals surface area contributed by atoms with Crippen molar-refractivity contribution in [2.45, 2.75) is 18.6 Å². The van der Waals surface area contributed by atoms with Crippen LogP contribution in [0.25, 0.3) is 0 Å². The molecule has 0 bridgehead atoms. The van der Waals surface area contributed by atoms with Gasteiger partial charge in [-0.05, 0) is 24.3 Å². The van der Waals surface area contributed by atoms with E-state index in [0.29, 0.717) is 5.56 Å². The third-order valence-electron chi connectivity index (χ3n) is 5.26. The number of rotatable bonds is 4. The second kappa shape index (κ2) is 8.23. The maximum absolute atomic E-state index is 12.8. The van der Waals surface area contributed by atoms with Crippen molar-refractivity contribution in [2.24, 2.45) is 0 Å². The van der Waals surface area contributed by atoms with Crippen molar-refractivity contribution in [1.29, 1.82) is 0 Å². The van der Waals surface area contributed by atoms with Gasteiger partial charge in [0, 0.05) is 29.7 Å². The number of phenolic OH excluding ortho intramolecular Hbond substituents is 6. The SMILES string of the molecule is COc1ccc(C2Oc3cc(O)cc(O)c3CC2OC(=O)c2cc(O)c(O)c(O)c2)cc1O. The zero-order valence-corrected chi connectivity index (χ0v) is 17.2. The summed E-state index contributed by atoms with van der Waals surface area (Å²) in [5.74, 6) is -3.43. The Balaban J connectivity index is 1.72. The number of carbonyl (C=O) groups is 1. The molecule has 3 aromatic carbocycles. The predicted octanol–water partition coefficient (Wildman–Crippen LogP) is 2.83. The molecule has 10 nitrogen and oxygen atoms in total. The lowest BCUT2D eigenvalue weighted by atomic mass is 9.93. The Kier molecular flexibility index (Phi) is 5.42. The van der Waals surface area contributed by atoms with E-state index in [1.165, 1.54) is 25.3 Å². The van der Waals surface area contributed by atoms with Crippen LogP contribution in [-0.2, 0) is 11.2 Å². The van der Waals surface area contributed by atoms with Gasteiger partial charge in [0.25, 0.3) is 0 Å². The normalized spacial score (nSPS) is 17.0. The van der Waals surface area contributed by atoms with Crippen LogP contribution < -0.4 is 9.47 Å². The number of hydrogen-bond acceptors (Lipinski definition) is 10. The Morgan fingerprint density at radius 2 is 1.61 bits per heavy atom. The molecular weight excluding hydrogens is 436 g/mol. The molecule has 0 aromatic heterocycles. The molecule has 0 radical (unpaired) electrons. The maximum atomic E-state index is 12.8. The van der Waals surface area contributed by atoms with Crippen LogP contribution in [0, 0.1) is 0 Å². The van der Waals surface area contributed by atoms with Crippen LogP contribution in [0.5, 0.6) is 46.0 Å². The van der Waals surface area contributed by atoms with Gasteiger partial charge in [0.15, 0.2) is 34.9 Å². The van der Waals surface area contributed by atoms with Crippen molar-refractivity contribution >= 4 is 5.97 Å². The van der Waals surface area contributed by atoms with Gasteiger partial charge < -0.3 is 44.8 Å². The average Bonchev–Trinajstić information content (AvgIpc) is 2.77. The first kappa shape index (κ1) is 21.8. The lowest BCUT2D eigenvalue weighted by Crippen LogP contribution is -2.34.